The van der Waals surface area contributed by atoms with Crippen molar-refractivity contribution >= 4 is 17.3 Å². The number of para-hydroxylation sites is 1. The molecule has 88 valence electrons. The van der Waals surface area contributed by atoms with Gasteiger partial charge in [-0.15, -0.1) is 0 Å². The Morgan fingerprint density at radius 3 is 2.82 bits per heavy atom. The lowest BCUT2D eigenvalue weighted by Crippen LogP contribution is -2.24. The summed E-state index contributed by atoms with van der Waals surface area (Å²) in [6, 6.07) is 7.67. The van der Waals surface area contributed by atoms with E-state index in [2.05, 4.69) is 5.10 Å². The first kappa shape index (κ1) is 10.3. The average molecular weight is 229 g/mol. The van der Waals surface area contributed by atoms with Crippen molar-refractivity contribution in [1.82, 2.24) is 5.01 Å². The van der Waals surface area contributed by atoms with E-state index >= 15 is 0 Å². The van der Waals surface area contributed by atoms with E-state index < -0.39 is 0 Å². The zero-order chi connectivity index (χ0) is 11.8. The summed E-state index contributed by atoms with van der Waals surface area (Å²) in [5.41, 5.74) is 8.52. The predicted octanol–water partition coefficient (Wildman–Crippen LogP) is 1.62. The molecule has 3 rings (SSSR count). The highest BCUT2D eigenvalue weighted by atomic mass is 16.2. The first-order chi connectivity index (χ1) is 8.25. The number of nitrogens with two attached hydrogens (primary N) is 1. The maximum atomic E-state index is 11.9. The molecule has 1 fully saturated rings. The maximum absolute atomic E-state index is 11.9. The molecule has 0 bridgehead atoms. The fraction of sp³-hybridized carbons (Fsp3) is 0.385. The maximum Gasteiger partial charge on any atom is 0.245 e. The van der Waals surface area contributed by atoms with Gasteiger partial charge in [0, 0.05) is 23.6 Å². The minimum absolute atomic E-state index is 0.175. The molecular weight excluding hydrogens is 214 g/mol. The molecule has 1 heterocycles. The molecule has 2 N–H and O–H groups in total. The van der Waals surface area contributed by atoms with Gasteiger partial charge in [0.15, 0.2) is 0 Å². The molecule has 1 aromatic rings. The van der Waals surface area contributed by atoms with Crippen molar-refractivity contribution in [1.29, 1.82) is 0 Å². The van der Waals surface area contributed by atoms with Crippen molar-refractivity contribution in [3.8, 4) is 0 Å². The molecule has 1 aliphatic carbocycles. The quantitative estimate of drug-likeness (QED) is 0.783. The Morgan fingerprint density at radius 2 is 2.12 bits per heavy atom. The van der Waals surface area contributed by atoms with Gasteiger partial charge in [0.2, 0.25) is 5.91 Å². The Labute approximate surface area is 100 Å². The number of hydrogen-bond donors (Lipinski definition) is 1. The van der Waals surface area contributed by atoms with E-state index in [0.29, 0.717) is 6.54 Å². The fourth-order valence-electron chi connectivity index (χ4n) is 2.11. The minimum Gasteiger partial charge on any atom is -0.398 e. The molecule has 1 aliphatic heterocycles. The topological polar surface area (TPSA) is 58.7 Å². The minimum atomic E-state index is 0.175. The van der Waals surface area contributed by atoms with Crippen LogP contribution in [0.15, 0.2) is 29.4 Å². The van der Waals surface area contributed by atoms with Gasteiger partial charge in [-0.1, -0.05) is 18.2 Å². The Balaban J connectivity index is 1.83. The summed E-state index contributed by atoms with van der Waals surface area (Å²) in [6.45, 7) is 0.693. The summed E-state index contributed by atoms with van der Waals surface area (Å²) in [5.74, 6) is 0.403. The second kappa shape index (κ2) is 3.87. The van der Waals surface area contributed by atoms with E-state index in [1.54, 1.807) is 5.01 Å². The third-order valence-electron chi connectivity index (χ3n) is 3.25. The number of anilines is 1. The van der Waals surface area contributed by atoms with Crippen molar-refractivity contribution in [2.45, 2.75) is 19.3 Å². The molecule has 1 saturated carbocycles. The lowest BCUT2D eigenvalue weighted by Gasteiger charge is -2.09. The Morgan fingerprint density at radius 1 is 1.35 bits per heavy atom. The van der Waals surface area contributed by atoms with Crippen LogP contribution in [0.4, 0.5) is 5.69 Å². The zero-order valence-electron chi connectivity index (χ0n) is 9.60. The summed E-state index contributed by atoms with van der Waals surface area (Å²) >= 11 is 0. The molecule has 1 aromatic carbocycles. The standard InChI is InChI=1S/C13H15N3O/c14-11-4-2-1-3-10(11)12-7-8-16(15-12)13(17)9-5-6-9/h1-4,9H,5-8,14H2. The smallest absolute Gasteiger partial charge is 0.245 e. The lowest BCUT2D eigenvalue weighted by molar-refractivity contribution is -0.132. The SMILES string of the molecule is Nc1ccccc1C1=NN(C(=O)C2CC2)CC1. The van der Waals surface area contributed by atoms with Gasteiger partial charge < -0.3 is 5.73 Å². The monoisotopic (exact) mass is 229 g/mol. The van der Waals surface area contributed by atoms with Crippen LogP contribution >= 0.6 is 0 Å². The molecule has 0 spiro atoms. The van der Waals surface area contributed by atoms with Crippen LogP contribution < -0.4 is 5.73 Å². The predicted molar refractivity (Wildman–Crippen MR) is 66.4 cm³/mol. The van der Waals surface area contributed by atoms with E-state index in [-0.39, 0.29) is 11.8 Å². The molecule has 0 radical (unpaired) electrons. The molecule has 0 unspecified atom stereocenters. The first-order valence-electron chi connectivity index (χ1n) is 5.99. The third kappa shape index (κ3) is 1.90. The van der Waals surface area contributed by atoms with Crippen molar-refractivity contribution in [3.63, 3.8) is 0 Å². The van der Waals surface area contributed by atoms with Crippen LogP contribution in [0.25, 0.3) is 0 Å². The second-order valence-electron chi connectivity index (χ2n) is 4.62. The molecule has 1 amide bonds. The summed E-state index contributed by atoms with van der Waals surface area (Å²) in [7, 11) is 0. The number of benzene rings is 1. The third-order valence-corrected chi connectivity index (χ3v) is 3.25. The van der Waals surface area contributed by atoms with Gasteiger partial charge in [-0.25, -0.2) is 5.01 Å². The molecule has 4 heteroatoms. The van der Waals surface area contributed by atoms with Gasteiger partial charge in [0.05, 0.1) is 12.3 Å². The molecule has 0 saturated heterocycles. The average Bonchev–Trinajstić information content (AvgIpc) is 3.07. The van der Waals surface area contributed by atoms with E-state index in [1.807, 2.05) is 24.3 Å². The van der Waals surface area contributed by atoms with Gasteiger partial charge in [-0.2, -0.15) is 5.10 Å². The van der Waals surface area contributed by atoms with Gasteiger partial charge in [-0.05, 0) is 18.9 Å². The zero-order valence-corrected chi connectivity index (χ0v) is 9.60. The van der Waals surface area contributed by atoms with Crippen LogP contribution in [0.2, 0.25) is 0 Å². The number of nitrogen functional groups attached to an aromatic ring is 1. The summed E-state index contributed by atoms with van der Waals surface area (Å²) in [5, 5.41) is 6.01. The van der Waals surface area contributed by atoms with Crippen molar-refractivity contribution < 1.29 is 4.79 Å². The highest BCUT2D eigenvalue weighted by Crippen LogP contribution is 2.32. The summed E-state index contributed by atoms with van der Waals surface area (Å²) < 4.78 is 0. The Bertz CT molecular complexity index is 491. The number of carbonyl (C=O) groups is 1. The number of hydrogen-bond acceptors (Lipinski definition) is 3. The highest BCUT2D eigenvalue weighted by Gasteiger charge is 2.35. The molecular formula is C13H15N3O. The van der Waals surface area contributed by atoms with Crippen molar-refractivity contribution in [2.75, 3.05) is 12.3 Å². The van der Waals surface area contributed by atoms with Crippen LogP contribution in [0, 0.1) is 5.92 Å². The molecule has 0 aromatic heterocycles. The van der Waals surface area contributed by atoms with Gasteiger partial charge in [-0.3, -0.25) is 4.79 Å². The van der Waals surface area contributed by atoms with E-state index in [9.17, 15) is 4.79 Å². The van der Waals surface area contributed by atoms with Gasteiger partial charge in [0.25, 0.3) is 0 Å². The van der Waals surface area contributed by atoms with Gasteiger partial charge >= 0.3 is 0 Å². The van der Waals surface area contributed by atoms with E-state index in [1.165, 1.54) is 0 Å². The lowest BCUT2D eigenvalue weighted by atomic mass is 10.1. The van der Waals surface area contributed by atoms with Crippen LogP contribution in [-0.4, -0.2) is 23.2 Å². The summed E-state index contributed by atoms with van der Waals surface area (Å²) in [6.07, 6.45) is 2.84. The number of hydrazone groups is 1. The molecule has 4 nitrogen and oxygen atoms in total. The van der Waals surface area contributed by atoms with Crippen LogP contribution in [0.5, 0.6) is 0 Å². The summed E-state index contributed by atoms with van der Waals surface area (Å²) in [4.78, 5) is 11.9. The van der Waals surface area contributed by atoms with Crippen LogP contribution in [-0.2, 0) is 4.79 Å². The number of carbonyl (C=O) groups excluding carboxylic acids is 1. The number of nitrogens with zero attached hydrogens (tertiary/aromatic N) is 2. The van der Waals surface area contributed by atoms with Crippen LogP contribution in [0.3, 0.4) is 0 Å². The molecule has 17 heavy (non-hydrogen) atoms. The Hall–Kier alpha value is -1.84. The Kier molecular flexibility index (Phi) is 2.35. The normalized spacial score (nSPS) is 19.3. The molecule has 2 aliphatic rings. The van der Waals surface area contributed by atoms with Crippen LogP contribution in [0.1, 0.15) is 24.8 Å². The largest absolute Gasteiger partial charge is 0.398 e. The highest BCUT2D eigenvalue weighted by molar-refractivity contribution is 6.06. The van der Waals surface area contributed by atoms with E-state index in [0.717, 1.165) is 36.2 Å². The van der Waals surface area contributed by atoms with Gasteiger partial charge in [0.1, 0.15) is 0 Å². The fourth-order valence-corrected chi connectivity index (χ4v) is 2.11. The first-order valence-corrected chi connectivity index (χ1v) is 5.99. The van der Waals surface area contributed by atoms with Crippen molar-refractivity contribution in [3.05, 3.63) is 29.8 Å². The van der Waals surface area contributed by atoms with Crippen molar-refractivity contribution in [2.24, 2.45) is 11.0 Å². The molecule has 0 atom stereocenters. The number of amides is 1. The number of rotatable bonds is 2. The van der Waals surface area contributed by atoms with E-state index in [4.69, 9.17) is 5.73 Å². The second-order valence-corrected chi connectivity index (χ2v) is 4.62.